The van der Waals surface area contributed by atoms with Crippen LogP contribution in [0.1, 0.15) is 52.4 Å². The lowest BCUT2D eigenvalue weighted by molar-refractivity contribution is 0.150. The number of hydrogen-bond donors (Lipinski definition) is 2. The maximum atomic E-state index is 5.53. The van der Waals surface area contributed by atoms with Gasteiger partial charge in [-0.15, -0.1) is 0 Å². The third-order valence-corrected chi connectivity index (χ3v) is 6.43. The number of ether oxygens (including phenoxy) is 1. The van der Waals surface area contributed by atoms with Gasteiger partial charge in [0, 0.05) is 44.9 Å². The summed E-state index contributed by atoms with van der Waals surface area (Å²) in [5.41, 5.74) is 0. The lowest BCUT2D eigenvalue weighted by Crippen LogP contribution is -2.50. The quantitative estimate of drug-likeness (QED) is 0.523. The predicted molar refractivity (Wildman–Crippen MR) is 112 cm³/mol. The summed E-state index contributed by atoms with van der Waals surface area (Å²) in [6, 6.07) is 1.17. The van der Waals surface area contributed by atoms with Crippen molar-refractivity contribution in [3.8, 4) is 0 Å². The van der Waals surface area contributed by atoms with Crippen molar-refractivity contribution in [2.45, 2.75) is 64.5 Å². The zero-order valence-electron chi connectivity index (χ0n) is 17.6. The van der Waals surface area contributed by atoms with Crippen LogP contribution in [-0.4, -0.2) is 86.9 Å². The van der Waals surface area contributed by atoms with Gasteiger partial charge in [-0.2, -0.15) is 0 Å². The molecular formula is C21H41N5O. The van der Waals surface area contributed by atoms with Gasteiger partial charge in [-0.05, 0) is 58.0 Å². The van der Waals surface area contributed by atoms with Gasteiger partial charge in [0.1, 0.15) is 0 Å². The Balaban J connectivity index is 1.43. The number of likely N-dealkylation sites (tertiary alicyclic amines) is 2. The number of nitrogens with zero attached hydrogens (tertiary/aromatic N) is 3. The molecule has 0 radical (unpaired) electrons. The molecule has 3 saturated heterocycles. The fraction of sp³-hybridized carbons (Fsp3) is 0.952. The van der Waals surface area contributed by atoms with Crippen molar-refractivity contribution in [1.29, 1.82) is 0 Å². The molecule has 2 atom stereocenters. The summed E-state index contributed by atoms with van der Waals surface area (Å²) in [5, 5.41) is 7.18. The number of aliphatic imine (C=N–C) groups is 1. The number of piperidine rings is 2. The second kappa shape index (κ2) is 11.2. The Morgan fingerprint density at radius 3 is 2.63 bits per heavy atom. The fourth-order valence-corrected chi connectivity index (χ4v) is 4.75. The highest BCUT2D eigenvalue weighted by Gasteiger charge is 2.25. The van der Waals surface area contributed by atoms with E-state index in [1.807, 2.05) is 0 Å². The Bertz CT molecular complexity index is 444. The molecule has 3 fully saturated rings. The highest BCUT2D eigenvalue weighted by Crippen LogP contribution is 2.18. The largest absolute Gasteiger partial charge is 0.381 e. The van der Waals surface area contributed by atoms with E-state index in [9.17, 15) is 0 Å². The second-order valence-corrected chi connectivity index (χ2v) is 8.45. The van der Waals surface area contributed by atoms with Crippen LogP contribution in [0.4, 0.5) is 0 Å². The first-order chi connectivity index (χ1) is 13.3. The summed E-state index contributed by atoms with van der Waals surface area (Å²) in [4.78, 5) is 10.2. The van der Waals surface area contributed by atoms with Crippen molar-refractivity contribution < 1.29 is 4.74 Å². The van der Waals surface area contributed by atoms with Crippen LogP contribution in [0.25, 0.3) is 0 Å². The number of rotatable bonds is 7. The number of likely N-dealkylation sites (N-methyl/N-ethyl adjacent to an activating group) is 1. The standard InChI is InChI=1S/C21H41N5O/c1-3-22-21(23-15-20-7-5-6-11-26(20)4-2)24-19-8-12-25(13-9-19)16-18-10-14-27-17-18/h18-20H,3-17H2,1-2H3,(H2,22,23,24). The monoisotopic (exact) mass is 379 g/mol. The van der Waals surface area contributed by atoms with E-state index in [1.54, 1.807) is 0 Å². The van der Waals surface area contributed by atoms with Crippen molar-refractivity contribution in [1.82, 2.24) is 20.4 Å². The zero-order chi connectivity index (χ0) is 18.9. The van der Waals surface area contributed by atoms with Crippen molar-refractivity contribution in [2.75, 3.05) is 59.0 Å². The van der Waals surface area contributed by atoms with E-state index in [-0.39, 0.29) is 0 Å². The normalized spacial score (nSPS) is 29.2. The van der Waals surface area contributed by atoms with Gasteiger partial charge in [0.05, 0.1) is 13.2 Å². The molecule has 27 heavy (non-hydrogen) atoms. The summed E-state index contributed by atoms with van der Waals surface area (Å²) in [7, 11) is 0. The minimum atomic E-state index is 0.549. The molecule has 0 aromatic carbocycles. The van der Waals surface area contributed by atoms with Gasteiger partial charge in [0.15, 0.2) is 5.96 Å². The van der Waals surface area contributed by atoms with Gasteiger partial charge in [-0.1, -0.05) is 13.3 Å². The molecule has 3 aliphatic heterocycles. The minimum absolute atomic E-state index is 0.549. The van der Waals surface area contributed by atoms with Crippen LogP contribution in [0.5, 0.6) is 0 Å². The molecule has 6 heteroatoms. The molecular weight excluding hydrogens is 338 g/mol. The van der Waals surface area contributed by atoms with Crippen molar-refractivity contribution in [3.05, 3.63) is 0 Å². The average molecular weight is 380 g/mol. The Labute approximate surface area is 166 Å². The molecule has 156 valence electrons. The van der Waals surface area contributed by atoms with Crippen LogP contribution in [0, 0.1) is 5.92 Å². The van der Waals surface area contributed by atoms with Crippen LogP contribution in [-0.2, 0) is 4.74 Å². The van der Waals surface area contributed by atoms with Gasteiger partial charge in [-0.25, -0.2) is 0 Å². The predicted octanol–water partition coefficient (Wildman–Crippen LogP) is 1.92. The lowest BCUT2D eigenvalue weighted by atomic mass is 10.0. The van der Waals surface area contributed by atoms with Crippen molar-refractivity contribution in [2.24, 2.45) is 10.9 Å². The Kier molecular flexibility index (Phi) is 8.68. The second-order valence-electron chi connectivity index (χ2n) is 8.45. The third kappa shape index (κ3) is 6.61. The molecule has 0 saturated carbocycles. The molecule has 2 unspecified atom stereocenters. The first-order valence-electron chi connectivity index (χ1n) is 11.4. The van der Waals surface area contributed by atoms with E-state index in [1.165, 1.54) is 64.7 Å². The Morgan fingerprint density at radius 1 is 1.07 bits per heavy atom. The number of hydrogen-bond acceptors (Lipinski definition) is 4. The molecule has 6 nitrogen and oxygen atoms in total. The van der Waals surface area contributed by atoms with Crippen LogP contribution in [0.3, 0.4) is 0 Å². The van der Waals surface area contributed by atoms with Gasteiger partial charge in [0.25, 0.3) is 0 Å². The van der Waals surface area contributed by atoms with E-state index in [2.05, 4.69) is 34.3 Å². The molecule has 0 aliphatic carbocycles. The molecule has 3 heterocycles. The molecule has 2 N–H and O–H groups in total. The van der Waals surface area contributed by atoms with E-state index < -0.39 is 0 Å². The van der Waals surface area contributed by atoms with E-state index >= 15 is 0 Å². The van der Waals surface area contributed by atoms with Crippen LogP contribution in [0.15, 0.2) is 4.99 Å². The van der Waals surface area contributed by atoms with Crippen LogP contribution < -0.4 is 10.6 Å². The third-order valence-electron chi connectivity index (χ3n) is 6.43. The van der Waals surface area contributed by atoms with E-state index in [0.717, 1.165) is 44.7 Å². The first-order valence-corrected chi connectivity index (χ1v) is 11.4. The number of guanidine groups is 1. The highest BCUT2D eigenvalue weighted by atomic mass is 16.5. The zero-order valence-corrected chi connectivity index (χ0v) is 17.6. The molecule has 0 spiro atoms. The summed E-state index contributed by atoms with van der Waals surface area (Å²) >= 11 is 0. The first kappa shape index (κ1) is 20.9. The SMILES string of the molecule is CCNC(=NCC1CCCCN1CC)NC1CCN(CC2CCOC2)CC1. The van der Waals surface area contributed by atoms with Gasteiger partial charge < -0.3 is 20.3 Å². The smallest absolute Gasteiger partial charge is 0.191 e. The van der Waals surface area contributed by atoms with E-state index in [0.29, 0.717) is 12.1 Å². The van der Waals surface area contributed by atoms with Crippen molar-refractivity contribution >= 4 is 5.96 Å². The fourth-order valence-electron chi connectivity index (χ4n) is 4.75. The molecule has 3 rings (SSSR count). The molecule has 0 amide bonds. The van der Waals surface area contributed by atoms with E-state index in [4.69, 9.17) is 9.73 Å². The van der Waals surface area contributed by atoms with Crippen LogP contribution >= 0.6 is 0 Å². The topological polar surface area (TPSA) is 52.1 Å². The van der Waals surface area contributed by atoms with Crippen LogP contribution in [0.2, 0.25) is 0 Å². The Hall–Kier alpha value is -0.850. The maximum absolute atomic E-state index is 5.53. The van der Waals surface area contributed by atoms with Gasteiger partial charge >= 0.3 is 0 Å². The summed E-state index contributed by atoms with van der Waals surface area (Å²) in [6.45, 7) is 14.2. The number of nitrogens with one attached hydrogen (secondary N) is 2. The lowest BCUT2D eigenvalue weighted by Gasteiger charge is -2.35. The van der Waals surface area contributed by atoms with Gasteiger partial charge in [-0.3, -0.25) is 9.89 Å². The minimum Gasteiger partial charge on any atom is -0.381 e. The summed E-state index contributed by atoms with van der Waals surface area (Å²) in [6.07, 6.45) is 7.65. The Morgan fingerprint density at radius 2 is 1.93 bits per heavy atom. The van der Waals surface area contributed by atoms with Crippen molar-refractivity contribution in [3.63, 3.8) is 0 Å². The highest BCUT2D eigenvalue weighted by molar-refractivity contribution is 5.80. The summed E-state index contributed by atoms with van der Waals surface area (Å²) < 4.78 is 5.53. The van der Waals surface area contributed by atoms with Gasteiger partial charge in [0.2, 0.25) is 0 Å². The molecule has 0 bridgehead atoms. The summed E-state index contributed by atoms with van der Waals surface area (Å²) in [5.74, 6) is 1.77. The molecule has 0 aromatic rings. The molecule has 0 aromatic heterocycles. The maximum Gasteiger partial charge on any atom is 0.191 e. The average Bonchev–Trinajstić information content (AvgIpc) is 3.21. The molecule has 3 aliphatic rings.